The fourth-order valence-electron chi connectivity index (χ4n) is 2.16. The van der Waals surface area contributed by atoms with E-state index in [2.05, 4.69) is 16.8 Å². The highest BCUT2D eigenvalue weighted by molar-refractivity contribution is 6.00. The van der Waals surface area contributed by atoms with Crippen molar-refractivity contribution in [3.05, 3.63) is 23.8 Å². The number of nitrogen functional groups attached to an aromatic ring is 1. The van der Waals surface area contributed by atoms with Gasteiger partial charge in [0.15, 0.2) is 5.78 Å². The molecular weight excluding hydrogens is 214 g/mol. The number of hydrogen-bond acceptors (Lipinski definition) is 4. The standard InChI is InChI=1S/C13H19N3O/c1-10(17)12-9-11(14)3-4-13(12)16-7-5-15(2)6-8-16/h3-4,9H,5-8,14H2,1-2H3. The molecule has 17 heavy (non-hydrogen) atoms. The maximum Gasteiger partial charge on any atom is 0.161 e. The molecule has 2 rings (SSSR count). The molecule has 0 saturated carbocycles. The van der Waals surface area contributed by atoms with Crippen LogP contribution in [-0.2, 0) is 0 Å². The lowest BCUT2D eigenvalue weighted by molar-refractivity contribution is 0.101. The molecule has 1 aliphatic rings. The third kappa shape index (κ3) is 2.58. The zero-order valence-electron chi connectivity index (χ0n) is 10.4. The molecule has 2 N–H and O–H groups in total. The Balaban J connectivity index is 2.28. The Morgan fingerprint density at radius 1 is 1.24 bits per heavy atom. The van der Waals surface area contributed by atoms with E-state index in [1.54, 1.807) is 13.0 Å². The number of carbonyl (C=O) groups is 1. The summed E-state index contributed by atoms with van der Waals surface area (Å²) in [6, 6.07) is 5.59. The molecule has 1 heterocycles. The summed E-state index contributed by atoms with van der Waals surface area (Å²) in [7, 11) is 2.12. The lowest BCUT2D eigenvalue weighted by atomic mass is 10.1. The van der Waals surface area contributed by atoms with Crippen LogP contribution in [0.3, 0.4) is 0 Å². The summed E-state index contributed by atoms with van der Waals surface area (Å²) >= 11 is 0. The Morgan fingerprint density at radius 2 is 1.88 bits per heavy atom. The molecule has 0 radical (unpaired) electrons. The smallest absolute Gasteiger partial charge is 0.161 e. The maximum atomic E-state index is 11.6. The molecule has 0 bridgehead atoms. The zero-order valence-corrected chi connectivity index (χ0v) is 10.4. The number of piperazine rings is 1. The van der Waals surface area contributed by atoms with Gasteiger partial charge < -0.3 is 15.5 Å². The first-order valence-corrected chi connectivity index (χ1v) is 5.92. The van der Waals surface area contributed by atoms with Crippen LogP contribution in [0.2, 0.25) is 0 Å². The van der Waals surface area contributed by atoms with Gasteiger partial charge in [0.25, 0.3) is 0 Å². The molecule has 0 amide bonds. The van der Waals surface area contributed by atoms with Crippen LogP contribution < -0.4 is 10.6 Å². The summed E-state index contributed by atoms with van der Waals surface area (Å²) in [5.41, 5.74) is 8.13. The predicted molar refractivity (Wildman–Crippen MR) is 70.6 cm³/mol. The number of nitrogens with two attached hydrogens (primary N) is 1. The molecule has 0 aromatic heterocycles. The van der Waals surface area contributed by atoms with Crippen LogP contribution in [0.4, 0.5) is 11.4 Å². The van der Waals surface area contributed by atoms with Crippen LogP contribution >= 0.6 is 0 Å². The molecule has 0 atom stereocenters. The summed E-state index contributed by atoms with van der Waals surface area (Å²) in [5, 5.41) is 0. The molecule has 92 valence electrons. The molecule has 0 aliphatic carbocycles. The Bertz CT molecular complexity index is 423. The van der Waals surface area contributed by atoms with Crippen LogP contribution in [0.25, 0.3) is 0 Å². The highest BCUT2D eigenvalue weighted by Gasteiger charge is 2.18. The number of benzene rings is 1. The van der Waals surface area contributed by atoms with E-state index in [0.29, 0.717) is 5.69 Å². The Morgan fingerprint density at radius 3 is 2.47 bits per heavy atom. The number of Topliss-reactive ketones (excluding diaryl/α,β-unsaturated/α-hetero) is 1. The molecule has 1 aromatic rings. The van der Waals surface area contributed by atoms with Gasteiger partial charge in [-0.15, -0.1) is 0 Å². The first-order chi connectivity index (χ1) is 8.08. The summed E-state index contributed by atoms with van der Waals surface area (Å²) in [5.74, 6) is 0.0752. The van der Waals surface area contributed by atoms with Gasteiger partial charge in [-0.2, -0.15) is 0 Å². The SMILES string of the molecule is CC(=O)c1cc(N)ccc1N1CCN(C)CC1. The fourth-order valence-corrected chi connectivity index (χ4v) is 2.16. The number of rotatable bonds is 2. The molecule has 1 aromatic carbocycles. The van der Waals surface area contributed by atoms with Gasteiger partial charge in [-0.25, -0.2) is 0 Å². The second-order valence-corrected chi connectivity index (χ2v) is 4.62. The van der Waals surface area contributed by atoms with Gasteiger partial charge in [0, 0.05) is 43.1 Å². The summed E-state index contributed by atoms with van der Waals surface area (Å²) in [6.45, 7) is 5.57. The summed E-state index contributed by atoms with van der Waals surface area (Å²) in [4.78, 5) is 16.2. The molecule has 0 unspecified atom stereocenters. The average Bonchev–Trinajstić information content (AvgIpc) is 2.30. The molecular formula is C13H19N3O. The molecule has 4 nitrogen and oxygen atoms in total. The first kappa shape index (κ1) is 11.9. The van der Waals surface area contributed by atoms with E-state index in [9.17, 15) is 4.79 Å². The van der Waals surface area contributed by atoms with Crippen LogP contribution in [0.5, 0.6) is 0 Å². The Hall–Kier alpha value is -1.55. The van der Waals surface area contributed by atoms with E-state index in [4.69, 9.17) is 5.73 Å². The van der Waals surface area contributed by atoms with Crippen LogP contribution in [0.15, 0.2) is 18.2 Å². The van der Waals surface area contributed by atoms with Crippen molar-refractivity contribution in [2.24, 2.45) is 0 Å². The van der Waals surface area contributed by atoms with Gasteiger partial charge in [-0.3, -0.25) is 4.79 Å². The largest absolute Gasteiger partial charge is 0.399 e. The van der Waals surface area contributed by atoms with Crippen LogP contribution in [-0.4, -0.2) is 43.9 Å². The number of nitrogens with zero attached hydrogens (tertiary/aromatic N) is 2. The van der Waals surface area contributed by atoms with E-state index in [0.717, 1.165) is 37.4 Å². The third-order valence-electron chi connectivity index (χ3n) is 3.24. The van der Waals surface area contributed by atoms with Crippen molar-refractivity contribution < 1.29 is 4.79 Å². The summed E-state index contributed by atoms with van der Waals surface area (Å²) in [6.07, 6.45) is 0. The second kappa shape index (κ2) is 4.75. The van der Waals surface area contributed by atoms with Crippen molar-refractivity contribution in [3.8, 4) is 0 Å². The zero-order chi connectivity index (χ0) is 12.4. The minimum absolute atomic E-state index is 0.0752. The van der Waals surface area contributed by atoms with Gasteiger partial charge in [-0.05, 0) is 32.2 Å². The number of hydrogen-bond donors (Lipinski definition) is 1. The molecule has 1 fully saturated rings. The van der Waals surface area contributed by atoms with Crippen molar-refractivity contribution in [3.63, 3.8) is 0 Å². The predicted octanol–water partition coefficient (Wildman–Crippen LogP) is 1.22. The Kier molecular flexibility index (Phi) is 3.33. The lowest BCUT2D eigenvalue weighted by Crippen LogP contribution is -2.44. The number of likely N-dealkylation sites (N-methyl/N-ethyl adjacent to an activating group) is 1. The van der Waals surface area contributed by atoms with E-state index >= 15 is 0 Å². The van der Waals surface area contributed by atoms with E-state index < -0.39 is 0 Å². The Labute approximate surface area is 102 Å². The molecule has 1 saturated heterocycles. The first-order valence-electron chi connectivity index (χ1n) is 5.92. The van der Waals surface area contributed by atoms with Crippen molar-refractivity contribution >= 4 is 17.2 Å². The van der Waals surface area contributed by atoms with Crippen molar-refractivity contribution in [2.75, 3.05) is 43.9 Å². The van der Waals surface area contributed by atoms with Crippen molar-refractivity contribution in [2.45, 2.75) is 6.92 Å². The van der Waals surface area contributed by atoms with E-state index in [1.165, 1.54) is 0 Å². The second-order valence-electron chi connectivity index (χ2n) is 4.62. The highest BCUT2D eigenvalue weighted by atomic mass is 16.1. The van der Waals surface area contributed by atoms with Gasteiger partial charge >= 0.3 is 0 Å². The minimum atomic E-state index is 0.0752. The number of ketones is 1. The topological polar surface area (TPSA) is 49.6 Å². The highest BCUT2D eigenvalue weighted by Crippen LogP contribution is 2.24. The fraction of sp³-hybridized carbons (Fsp3) is 0.462. The third-order valence-corrected chi connectivity index (χ3v) is 3.24. The minimum Gasteiger partial charge on any atom is -0.399 e. The monoisotopic (exact) mass is 233 g/mol. The van der Waals surface area contributed by atoms with Crippen LogP contribution in [0.1, 0.15) is 17.3 Å². The quantitative estimate of drug-likeness (QED) is 0.616. The molecule has 0 spiro atoms. The number of anilines is 2. The van der Waals surface area contributed by atoms with Gasteiger partial charge in [0.2, 0.25) is 0 Å². The van der Waals surface area contributed by atoms with Gasteiger partial charge in [-0.1, -0.05) is 0 Å². The van der Waals surface area contributed by atoms with E-state index in [-0.39, 0.29) is 5.78 Å². The van der Waals surface area contributed by atoms with Crippen molar-refractivity contribution in [1.29, 1.82) is 0 Å². The molecule has 1 aliphatic heterocycles. The molecule has 4 heteroatoms. The number of carbonyl (C=O) groups excluding carboxylic acids is 1. The maximum absolute atomic E-state index is 11.6. The van der Waals surface area contributed by atoms with Gasteiger partial charge in [0.05, 0.1) is 0 Å². The normalized spacial score (nSPS) is 17.2. The van der Waals surface area contributed by atoms with Crippen molar-refractivity contribution in [1.82, 2.24) is 4.90 Å². The van der Waals surface area contributed by atoms with Gasteiger partial charge in [0.1, 0.15) is 0 Å². The lowest BCUT2D eigenvalue weighted by Gasteiger charge is -2.35. The van der Waals surface area contributed by atoms with Crippen LogP contribution in [0, 0.1) is 0 Å². The van der Waals surface area contributed by atoms with E-state index in [1.807, 2.05) is 12.1 Å². The average molecular weight is 233 g/mol. The summed E-state index contributed by atoms with van der Waals surface area (Å²) < 4.78 is 0.